The molecule has 1 aliphatic rings. The molecule has 132 valence electrons. The fourth-order valence-corrected chi connectivity index (χ4v) is 4.04. The summed E-state index contributed by atoms with van der Waals surface area (Å²) in [5.74, 6) is 0.0172. The summed E-state index contributed by atoms with van der Waals surface area (Å²) in [5, 5.41) is 7.48. The summed E-state index contributed by atoms with van der Waals surface area (Å²) < 4.78 is 0. The molecule has 1 amide bonds. The van der Waals surface area contributed by atoms with Crippen LogP contribution in [-0.4, -0.2) is 33.3 Å². The highest BCUT2D eigenvalue weighted by Gasteiger charge is 2.43. The third-order valence-corrected chi connectivity index (χ3v) is 5.58. The molecule has 1 aromatic heterocycles. The molecule has 0 aliphatic carbocycles. The van der Waals surface area contributed by atoms with E-state index >= 15 is 0 Å². The Morgan fingerprint density at radius 3 is 2.38 bits per heavy atom. The number of aromatic nitrogens is 2. The Kier molecular flexibility index (Phi) is 4.32. The second-order valence-corrected chi connectivity index (χ2v) is 7.59. The topological polar surface area (TPSA) is 49.0 Å². The first kappa shape index (κ1) is 16.9. The van der Waals surface area contributed by atoms with Crippen LogP contribution in [0.4, 0.5) is 0 Å². The highest BCUT2D eigenvalue weighted by molar-refractivity contribution is 7.98. The fraction of sp³-hybridized carbons (Fsp3) is 0.238. The number of thioether (sulfide) groups is 1. The Bertz CT molecular complexity index is 932. The van der Waals surface area contributed by atoms with E-state index in [1.807, 2.05) is 35.2 Å². The predicted molar refractivity (Wildman–Crippen MR) is 105 cm³/mol. The van der Waals surface area contributed by atoms with Gasteiger partial charge in [0.2, 0.25) is 0 Å². The molecule has 0 spiro atoms. The minimum absolute atomic E-state index is 0.0172. The van der Waals surface area contributed by atoms with Gasteiger partial charge in [-0.15, -0.1) is 11.8 Å². The van der Waals surface area contributed by atoms with Gasteiger partial charge in [0.05, 0.1) is 11.7 Å². The zero-order valence-corrected chi connectivity index (χ0v) is 15.9. The lowest BCUT2D eigenvalue weighted by Gasteiger charge is -2.30. The van der Waals surface area contributed by atoms with E-state index in [1.54, 1.807) is 11.8 Å². The number of benzene rings is 2. The zero-order chi connectivity index (χ0) is 18.3. The first-order chi connectivity index (χ1) is 12.6. The van der Waals surface area contributed by atoms with E-state index in [1.165, 1.54) is 4.90 Å². The molecule has 1 aliphatic heterocycles. The Morgan fingerprint density at radius 2 is 1.77 bits per heavy atom. The molecule has 0 fully saturated rings. The van der Waals surface area contributed by atoms with E-state index in [0.29, 0.717) is 5.69 Å². The molecule has 1 N–H and O–H groups in total. The lowest BCUT2D eigenvalue weighted by molar-refractivity contribution is 0.0688. The number of hydrogen-bond acceptors (Lipinski definition) is 3. The summed E-state index contributed by atoms with van der Waals surface area (Å²) in [6.07, 6.45) is 2.07. The van der Waals surface area contributed by atoms with Crippen LogP contribution in [0, 0.1) is 0 Å². The number of aromatic amines is 1. The number of amides is 1. The Labute approximate surface area is 157 Å². The van der Waals surface area contributed by atoms with Crippen molar-refractivity contribution >= 4 is 17.7 Å². The quantitative estimate of drug-likeness (QED) is 0.680. The van der Waals surface area contributed by atoms with Crippen LogP contribution in [0.3, 0.4) is 0 Å². The van der Waals surface area contributed by atoms with Gasteiger partial charge < -0.3 is 4.90 Å². The molecular weight excluding hydrogens is 342 g/mol. The number of hydrogen-bond donors (Lipinski definition) is 1. The van der Waals surface area contributed by atoms with E-state index in [9.17, 15) is 4.79 Å². The maximum absolute atomic E-state index is 13.0. The SMILES string of the molecule is CSc1ccc(C2c3c(-c4ccccc4)n[nH]c3C(=O)N2C(C)C)cc1. The summed E-state index contributed by atoms with van der Waals surface area (Å²) in [4.78, 5) is 16.2. The molecule has 0 radical (unpaired) electrons. The van der Waals surface area contributed by atoms with Gasteiger partial charge in [-0.25, -0.2) is 0 Å². The monoisotopic (exact) mass is 363 g/mol. The van der Waals surface area contributed by atoms with Crippen LogP contribution in [0.2, 0.25) is 0 Å². The number of carbonyl (C=O) groups excluding carboxylic acids is 1. The molecule has 4 nitrogen and oxygen atoms in total. The van der Waals surface area contributed by atoms with Crippen molar-refractivity contribution in [3.63, 3.8) is 0 Å². The molecule has 0 bridgehead atoms. The van der Waals surface area contributed by atoms with Crippen LogP contribution in [0.25, 0.3) is 11.3 Å². The van der Waals surface area contributed by atoms with Crippen molar-refractivity contribution in [1.82, 2.24) is 15.1 Å². The van der Waals surface area contributed by atoms with Crippen molar-refractivity contribution in [3.8, 4) is 11.3 Å². The molecule has 0 saturated carbocycles. The van der Waals surface area contributed by atoms with Gasteiger partial charge in [-0.3, -0.25) is 9.89 Å². The Morgan fingerprint density at radius 1 is 1.08 bits per heavy atom. The van der Waals surface area contributed by atoms with Crippen molar-refractivity contribution < 1.29 is 4.79 Å². The van der Waals surface area contributed by atoms with Gasteiger partial charge in [-0.1, -0.05) is 42.5 Å². The van der Waals surface area contributed by atoms with Crippen LogP contribution in [-0.2, 0) is 0 Å². The number of nitrogens with zero attached hydrogens (tertiary/aromatic N) is 2. The van der Waals surface area contributed by atoms with Crippen molar-refractivity contribution in [2.45, 2.75) is 30.8 Å². The van der Waals surface area contributed by atoms with Crippen LogP contribution >= 0.6 is 11.8 Å². The molecule has 26 heavy (non-hydrogen) atoms. The summed E-state index contributed by atoms with van der Waals surface area (Å²) >= 11 is 1.72. The molecule has 4 rings (SSSR count). The van der Waals surface area contributed by atoms with Gasteiger partial charge in [-0.2, -0.15) is 5.10 Å². The average Bonchev–Trinajstić information content (AvgIpc) is 3.22. The molecule has 1 atom stereocenters. The number of carbonyl (C=O) groups is 1. The summed E-state index contributed by atoms with van der Waals surface area (Å²) in [6, 6.07) is 18.5. The first-order valence-corrected chi connectivity index (χ1v) is 9.94. The average molecular weight is 363 g/mol. The summed E-state index contributed by atoms with van der Waals surface area (Å²) in [5.41, 5.74) is 4.58. The van der Waals surface area contributed by atoms with Crippen molar-refractivity contribution in [3.05, 3.63) is 71.4 Å². The summed E-state index contributed by atoms with van der Waals surface area (Å²) in [6.45, 7) is 4.12. The van der Waals surface area contributed by atoms with Gasteiger partial charge in [0.15, 0.2) is 0 Å². The van der Waals surface area contributed by atoms with E-state index in [-0.39, 0.29) is 18.0 Å². The van der Waals surface area contributed by atoms with Crippen LogP contribution in [0.15, 0.2) is 59.5 Å². The smallest absolute Gasteiger partial charge is 0.273 e. The molecule has 3 aromatic rings. The largest absolute Gasteiger partial charge is 0.324 e. The molecule has 2 heterocycles. The highest BCUT2D eigenvalue weighted by Crippen LogP contribution is 2.43. The van der Waals surface area contributed by atoms with Gasteiger partial charge in [0.1, 0.15) is 5.69 Å². The Hall–Kier alpha value is -2.53. The molecule has 0 saturated heterocycles. The van der Waals surface area contributed by atoms with Gasteiger partial charge in [0, 0.05) is 22.1 Å². The molecular formula is C21H21N3OS. The van der Waals surface area contributed by atoms with E-state index in [4.69, 9.17) is 0 Å². The maximum Gasteiger partial charge on any atom is 0.273 e. The molecule has 5 heteroatoms. The zero-order valence-electron chi connectivity index (χ0n) is 15.1. The van der Waals surface area contributed by atoms with Crippen molar-refractivity contribution in [1.29, 1.82) is 0 Å². The Balaban J connectivity index is 1.89. The minimum atomic E-state index is -0.123. The second-order valence-electron chi connectivity index (χ2n) is 6.71. The fourth-order valence-electron chi connectivity index (χ4n) is 3.63. The number of H-pyrrole nitrogens is 1. The van der Waals surface area contributed by atoms with Crippen LogP contribution in [0.1, 0.15) is 41.5 Å². The maximum atomic E-state index is 13.0. The minimum Gasteiger partial charge on any atom is -0.324 e. The van der Waals surface area contributed by atoms with Crippen molar-refractivity contribution in [2.75, 3.05) is 6.26 Å². The number of rotatable bonds is 4. The predicted octanol–water partition coefficient (Wildman–Crippen LogP) is 4.75. The third-order valence-electron chi connectivity index (χ3n) is 4.84. The van der Waals surface area contributed by atoms with Crippen LogP contribution in [0.5, 0.6) is 0 Å². The van der Waals surface area contributed by atoms with Gasteiger partial charge in [-0.05, 0) is 37.8 Å². The first-order valence-electron chi connectivity index (χ1n) is 8.72. The second kappa shape index (κ2) is 6.65. The van der Waals surface area contributed by atoms with Crippen molar-refractivity contribution in [2.24, 2.45) is 0 Å². The van der Waals surface area contributed by atoms with Gasteiger partial charge in [0.25, 0.3) is 5.91 Å². The number of fused-ring (bicyclic) bond motifs is 1. The lowest BCUT2D eigenvalue weighted by Crippen LogP contribution is -2.35. The normalized spacial score (nSPS) is 16.4. The third kappa shape index (κ3) is 2.63. The van der Waals surface area contributed by atoms with Gasteiger partial charge >= 0.3 is 0 Å². The van der Waals surface area contributed by atoms with E-state index in [2.05, 4.69) is 54.6 Å². The lowest BCUT2D eigenvalue weighted by atomic mass is 9.95. The van der Waals surface area contributed by atoms with E-state index in [0.717, 1.165) is 22.4 Å². The standard InChI is InChI=1S/C21H21N3OS/c1-13(2)24-20(15-9-11-16(26-3)12-10-15)17-18(14-7-5-4-6-8-14)22-23-19(17)21(24)25/h4-13,20H,1-3H3,(H,22,23). The number of nitrogens with one attached hydrogen (secondary N) is 1. The highest BCUT2D eigenvalue weighted by atomic mass is 32.2. The van der Waals surface area contributed by atoms with E-state index < -0.39 is 0 Å². The van der Waals surface area contributed by atoms with Crippen LogP contribution < -0.4 is 0 Å². The molecule has 2 aromatic carbocycles. The summed E-state index contributed by atoms with van der Waals surface area (Å²) in [7, 11) is 0. The molecule has 1 unspecified atom stereocenters.